The van der Waals surface area contributed by atoms with Crippen LogP contribution >= 0.6 is 0 Å². The molecule has 1 aliphatic heterocycles. The van der Waals surface area contributed by atoms with Crippen molar-refractivity contribution >= 4 is 23.2 Å². The van der Waals surface area contributed by atoms with Crippen LogP contribution in [-0.2, 0) is 9.59 Å². The van der Waals surface area contributed by atoms with Gasteiger partial charge in [0, 0.05) is 18.5 Å². The summed E-state index contributed by atoms with van der Waals surface area (Å²) in [5.41, 5.74) is 9.01. The van der Waals surface area contributed by atoms with E-state index in [0.29, 0.717) is 24.2 Å². The highest BCUT2D eigenvalue weighted by Gasteiger charge is 2.45. The quantitative estimate of drug-likeness (QED) is 0.637. The van der Waals surface area contributed by atoms with Gasteiger partial charge in [0.2, 0.25) is 11.8 Å². The molecule has 2 fully saturated rings. The Kier molecular flexibility index (Phi) is 3.27. The Bertz CT molecular complexity index is 595. The first-order valence-electron chi connectivity index (χ1n) is 7.64. The molecule has 1 heterocycles. The smallest absolute Gasteiger partial charge is 0.234 e. The first kappa shape index (κ1) is 14.1. The van der Waals surface area contributed by atoms with Crippen molar-refractivity contribution in [3.05, 3.63) is 23.3 Å². The highest BCUT2D eigenvalue weighted by molar-refractivity contribution is 6.17. The van der Waals surface area contributed by atoms with Crippen LogP contribution in [-0.4, -0.2) is 11.8 Å². The summed E-state index contributed by atoms with van der Waals surface area (Å²) in [7, 11) is 0. The fourth-order valence-electron chi connectivity index (χ4n) is 3.81. The van der Waals surface area contributed by atoms with Gasteiger partial charge in [-0.1, -0.05) is 12.8 Å². The molecule has 4 heteroatoms. The lowest BCUT2D eigenvalue weighted by molar-refractivity contribution is -0.133. The molecule has 1 saturated heterocycles. The van der Waals surface area contributed by atoms with Crippen LogP contribution in [0, 0.1) is 19.3 Å². The Morgan fingerprint density at radius 1 is 1.00 bits per heavy atom. The molecule has 1 aromatic carbocycles. The third kappa shape index (κ3) is 2.33. The van der Waals surface area contributed by atoms with Gasteiger partial charge in [-0.05, 0) is 55.4 Å². The Morgan fingerprint density at radius 3 is 2.14 bits per heavy atom. The molecule has 0 aromatic heterocycles. The van der Waals surface area contributed by atoms with Crippen LogP contribution in [0.1, 0.15) is 49.7 Å². The maximum Gasteiger partial charge on any atom is 0.234 e. The van der Waals surface area contributed by atoms with Gasteiger partial charge < -0.3 is 5.73 Å². The van der Waals surface area contributed by atoms with Crippen molar-refractivity contribution in [3.63, 3.8) is 0 Å². The minimum atomic E-state index is -0.0552. The van der Waals surface area contributed by atoms with Gasteiger partial charge in [0.25, 0.3) is 0 Å². The standard InChI is InChI=1S/C17H22N2O2/c1-11-8-14(12(2)7-13(11)18)19-15(20)9-17(10-16(19)21)5-3-4-6-17/h7-8H,3-6,9-10,18H2,1-2H3. The van der Waals surface area contributed by atoms with Crippen LogP contribution in [0.5, 0.6) is 0 Å². The summed E-state index contributed by atoms with van der Waals surface area (Å²) in [6, 6.07) is 3.69. The van der Waals surface area contributed by atoms with Crippen LogP contribution in [0.3, 0.4) is 0 Å². The number of hydrogen-bond donors (Lipinski definition) is 1. The summed E-state index contributed by atoms with van der Waals surface area (Å²) in [5, 5.41) is 0. The topological polar surface area (TPSA) is 63.4 Å². The number of anilines is 2. The van der Waals surface area contributed by atoms with Crippen molar-refractivity contribution in [3.8, 4) is 0 Å². The average molecular weight is 286 g/mol. The van der Waals surface area contributed by atoms with Gasteiger partial charge in [0.1, 0.15) is 0 Å². The summed E-state index contributed by atoms with van der Waals surface area (Å²) in [6.07, 6.45) is 5.31. The van der Waals surface area contributed by atoms with E-state index in [1.165, 1.54) is 4.90 Å². The lowest BCUT2D eigenvalue weighted by atomic mass is 9.76. The van der Waals surface area contributed by atoms with E-state index in [-0.39, 0.29) is 17.2 Å². The Morgan fingerprint density at radius 2 is 1.57 bits per heavy atom. The van der Waals surface area contributed by atoms with E-state index < -0.39 is 0 Å². The molecule has 112 valence electrons. The number of rotatable bonds is 1. The zero-order valence-corrected chi connectivity index (χ0v) is 12.7. The fourth-order valence-corrected chi connectivity index (χ4v) is 3.81. The summed E-state index contributed by atoms with van der Waals surface area (Å²) < 4.78 is 0. The van der Waals surface area contributed by atoms with Gasteiger partial charge in [0.15, 0.2) is 0 Å². The number of carbonyl (C=O) groups is 2. The van der Waals surface area contributed by atoms with Crippen LogP contribution in [0.15, 0.2) is 12.1 Å². The predicted molar refractivity (Wildman–Crippen MR) is 83.0 cm³/mol. The van der Waals surface area contributed by atoms with Gasteiger partial charge in [-0.3, -0.25) is 14.5 Å². The molecule has 0 bridgehead atoms. The number of imide groups is 1. The maximum absolute atomic E-state index is 12.6. The average Bonchev–Trinajstić information content (AvgIpc) is 2.82. The second-order valence-corrected chi connectivity index (χ2v) is 6.68. The summed E-state index contributed by atoms with van der Waals surface area (Å²) in [4.78, 5) is 26.6. The van der Waals surface area contributed by atoms with Crippen molar-refractivity contribution in [2.45, 2.75) is 52.4 Å². The Hall–Kier alpha value is -1.84. The van der Waals surface area contributed by atoms with Crippen molar-refractivity contribution < 1.29 is 9.59 Å². The zero-order valence-electron chi connectivity index (χ0n) is 12.7. The fraction of sp³-hybridized carbons (Fsp3) is 0.529. The lowest BCUT2D eigenvalue weighted by Crippen LogP contribution is -2.47. The number of carbonyl (C=O) groups excluding carboxylic acids is 2. The summed E-state index contributed by atoms with van der Waals surface area (Å²) in [5.74, 6) is -0.110. The molecular formula is C17H22N2O2. The molecule has 3 rings (SSSR count). The first-order valence-corrected chi connectivity index (χ1v) is 7.64. The maximum atomic E-state index is 12.6. The van der Waals surface area contributed by atoms with Crippen LogP contribution in [0.2, 0.25) is 0 Å². The minimum absolute atomic E-state index is 0.0541. The van der Waals surface area contributed by atoms with E-state index in [2.05, 4.69) is 0 Å². The number of nitrogens with two attached hydrogens (primary N) is 1. The van der Waals surface area contributed by atoms with Crippen LogP contribution in [0.25, 0.3) is 0 Å². The van der Waals surface area contributed by atoms with Gasteiger partial charge >= 0.3 is 0 Å². The number of hydrogen-bond acceptors (Lipinski definition) is 3. The molecule has 0 unspecified atom stereocenters. The van der Waals surface area contributed by atoms with E-state index in [4.69, 9.17) is 5.73 Å². The van der Waals surface area contributed by atoms with Crippen molar-refractivity contribution in [1.29, 1.82) is 0 Å². The van der Waals surface area contributed by atoms with Gasteiger partial charge in [0.05, 0.1) is 5.69 Å². The number of nitrogens with zero attached hydrogens (tertiary/aromatic N) is 1. The molecule has 1 saturated carbocycles. The number of piperidine rings is 1. The predicted octanol–water partition coefficient (Wildman–Crippen LogP) is 3.10. The van der Waals surface area contributed by atoms with Crippen LogP contribution in [0.4, 0.5) is 11.4 Å². The van der Waals surface area contributed by atoms with Crippen molar-refractivity contribution in [2.24, 2.45) is 5.41 Å². The molecule has 2 aliphatic rings. The number of benzene rings is 1. The molecule has 4 nitrogen and oxygen atoms in total. The molecule has 0 radical (unpaired) electrons. The monoisotopic (exact) mass is 286 g/mol. The lowest BCUT2D eigenvalue weighted by Gasteiger charge is -2.37. The van der Waals surface area contributed by atoms with Gasteiger partial charge in [-0.25, -0.2) is 0 Å². The Balaban J connectivity index is 1.95. The molecule has 1 aromatic rings. The molecule has 21 heavy (non-hydrogen) atoms. The second-order valence-electron chi connectivity index (χ2n) is 6.68. The second kappa shape index (κ2) is 4.86. The normalized spacial score (nSPS) is 21.3. The zero-order chi connectivity index (χ0) is 15.2. The van der Waals surface area contributed by atoms with Crippen LogP contribution < -0.4 is 10.6 Å². The number of nitrogen functional groups attached to an aromatic ring is 1. The molecule has 2 amide bonds. The molecule has 0 atom stereocenters. The minimum Gasteiger partial charge on any atom is -0.399 e. The Labute approximate surface area is 125 Å². The largest absolute Gasteiger partial charge is 0.399 e. The molecule has 2 N–H and O–H groups in total. The highest BCUT2D eigenvalue weighted by atomic mass is 16.2. The van der Waals surface area contributed by atoms with Gasteiger partial charge in [-0.2, -0.15) is 0 Å². The van der Waals surface area contributed by atoms with E-state index in [0.717, 1.165) is 36.8 Å². The molecule has 1 spiro atoms. The molecular weight excluding hydrogens is 264 g/mol. The summed E-state index contributed by atoms with van der Waals surface area (Å²) >= 11 is 0. The van der Waals surface area contributed by atoms with Crippen molar-refractivity contribution in [2.75, 3.05) is 10.6 Å². The number of aryl methyl sites for hydroxylation is 2. The van der Waals surface area contributed by atoms with E-state index in [1.807, 2.05) is 26.0 Å². The molecule has 1 aliphatic carbocycles. The SMILES string of the molecule is Cc1cc(N2C(=O)CC3(CCCC3)CC2=O)c(C)cc1N. The number of amides is 2. The van der Waals surface area contributed by atoms with E-state index >= 15 is 0 Å². The van der Waals surface area contributed by atoms with E-state index in [9.17, 15) is 9.59 Å². The van der Waals surface area contributed by atoms with E-state index in [1.54, 1.807) is 0 Å². The highest BCUT2D eigenvalue weighted by Crippen LogP contribution is 2.47. The summed E-state index contributed by atoms with van der Waals surface area (Å²) in [6.45, 7) is 3.79. The third-order valence-electron chi connectivity index (χ3n) is 5.04. The first-order chi connectivity index (χ1) is 9.92. The van der Waals surface area contributed by atoms with Crippen molar-refractivity contribution in [1.82, 2.24) is 0 Å². The third-order valence-corrected chi connectivity index (χ3v) is 5.04. The van der Waals surface area contributed by atoms with Gasteiger partial charge in [-0.15, -0.1) is 0 Å².